The normalized spacial score (nSPS) is 11.7. The summed E-state index contributed by atoms with van der Waals surface area (Å²) in [6, 6.07) is 2.89. The van der Waals surface area contributed by atoms with Crippen LogP contribution in [0.5, 0.6) is 0 Å². The third-order valence-electron chi connectivity index (χ3n) is 1.84. The van der Waals surface area contributed by atoms with E-state index in [0.717, 1.165) is 0 Å². The minimum atomic E-state index is -1.12. The maximum Gasteiger partial charge on any atom is 0.325 e. The number of aliphatic carboxylic acids is 1. The highest BCUT2D eigenvalue weighted by Crippen LogP contribution is 2.22. The van der Waals surface area contributed by atoms with Gasteiger partial charge in [-0.1, -0.05) is 23.2 Å². The Bertz CT molecular complexity index is 431. The van der Waals surface area contributed by atoms with Gasteiger partial charge in [0, 0.05) is 15.7 Å². The molecule has 0 saturated heterocycles. The van der Waals surface area contributed by atoms with Gasteiger partial charge in [0.2, 0.25) is 0 Å². The molecule has 0 heterocycles. The molecule has 0 aliphatic carbocycles. The summed E-state index contributed by atoms with van der Waals surface area (Å²) in [6.45, 7) is 1.35. The van der Waals surface area contributed by atoms with E-state index in [1.807, 2.05) is 0 Å². The summed E-state index contributed by atoms with van der Waals surface area (Å²) >= 11 is 11.5. The Hall–Kier alpha value is -1.46. The van der Waals surface area contributed by atoms with Crippen LogP contribution in [0.2, 0.25) is 10.0 Å². The molecule has 1 atom stereocenters. The third-order valence-corrected chi connectivity index (χ3v) is 2.27. The summed E-state index contributed by atoms with van der Waals surface area (Å²) in [5.74, 6) is -1.12. The van der Waals surface area contributed by atoms with Crippen LogP contribution in [0, 0.1) is 0 Å². The van der Waals surface area contributed by atoms with Gasteiger partial charge in [0.15, 0.2) is 0 Å². The highest BCUT2D eigenvalue weighted by Gasteiger charge is 2.13. The number of hydrogen-bond acceptors (Lipinski definition) is 2. The molecule has 0 bridgehead atoms. The van der Waals surface area contributed by atoms with E-state index in [-0.39, 0.29) is 0 Å². The van der Waals surface area contributed by atoms with Crippen molar-refractivity contribution in [2.45, 2.75) is 13.0 Å². The van der Waals surface area contributed by atoms with Crippen molar-refractivity contribution >= 4 is 40.9 Å². The minimum absolute atomic E-state index is 0.374. The number of anilines is 1. The van der Waals surface area contributed by atoms with E-state index in [9.17, 15) is 9.59 Å². The molecule has 1 aromatic carbocycles. The summed E-state index contributed by atoms with van der Waals surface area (Å²) in [5, 5.41) is 14.0. The fraction of sp³-hybridized carbons (Fsp3) is 0.200. The number of amides is 2. The zero-order valence-electron chi connectivity index (χ0n) is 8.83. The van der Waals surface area contributed by atoms with Gasteiger partial charge in [0.1, 0.15) is 6.04 Å². The van der Waals surface area contributed by atoms with Crippen molar-refractivity contribution in [3.63, 3.8) is 0 Å². The molecule has 0 unspecified atom stereocenters. The predicted octanol–water partition coefficient (Wildman–Crippen LogP) is 2.59. The highest BCUT2D eigenvalue weighted by atomic mass is 35.5. The van der Waals surface area contributed by atoms with Crippen LogP contribution in [0.1, 0.15) is 6.92 Å². The van der Waals surface area contributed by atoms with Crippen LogP contribution in [0.3, 0.4) is 0 Å². The lowest BCUT2D eigenvalue weighted by Crippen LogP contribution is -2.40. The van der Waals surface area contributed by atoms with E-state index in [0.29, 0.717) is 15.7 Å². The Morgan fingerprint density at radius 3 is 2.24 bits per heavy atom. The van der Waals surface area contributed by atoms with Crippen LogP contribution in [0.25, 0.3) is 0 Å². The second-order valence-corrected chi connectivity index (χ2v) is 4.19. The van der Waals surface area contributed by atoms with Gasteiger partial charge in [-0.25, -0.2) is 4.79 Å². The number of carbonyl (C=O) groups excluding carboxylic acids is 1. The molecule has 7 heteroatoms. The van der Waals surface area contributed by atoms with Crippen molar-refractivity contribution in [2.75, 3.05) is 5.32 Å². The first kappa shape index (κ1) is 13.6. The average Bonchev–Trinajstić information content (AvgIpc) is 2.14. The van der Waals surface area contributed by atoms with Crippen molar-refractivity contribution in [3.05, 3.63) is 28.2 Å². The van der Waals surface area contributed by atoms with Gasteiger partial charge in [-0.15, -0.1) is 0 Å². The molecule has 1 rings (SSSR count). The number of hydrogen-bond donors (Lipinski definition) is 3. The van der Waals surface area contributed by atoms with Crippen molar-refractivity contribution in [2.24, 2.45) is 0 Å². The summed E-state index contributed by atoms with van der Waals surface area (Å²) < 4.78 is 0. The molecule has 0 spiro atoms. The standard InChI is InChI=1S/C10H10Cl2N2O3/c1-5(9(15)16)13-10(17)14-8-3-6(11)2-7(12)4-8/h2-5H,1H3,(H,15,16)(H2,13,14,17)/t5-/m1/s1. The zero-order valence-corrected chi connectivity index (χ0v) is 10.3. The van der Waals surface area contributed by atoms with Gasteiger partial charge >= 0.3 is 12.0 Å². The molecule has 17 heavy (non-hydrogen) atoms. The number of nitrogens with one attached hydrogen (secondary N) is 2. The van der Waals surface area contributed by atoms with E-state index in [1.165, 1.54) is 25.1 Å². The average molecular weight is 277 g/mol. The number of halogens is 2. The van der Waals surface area contributed by atoms with Crippen LogP contribution in [0.15, 0.2) is 18.2 Å². The van der Waals surface area contributed by atoms with Gasteiger partial charge < -0.3 is 15.7 Å². The number of carboxylic acid groups (broad SMARTS) is 1. The topological polar surface area (TPSA) is 78.4 Å². The van der Waals surface area contributed by atoms with E-state index in [4.69, 9.17) is 28.3 Å². The quantitative estimate of drug-likeness (QED) is 0.794. The van der Waals surface area contributed by atoms with Crippen LogP contribution >= 0.6 is 23.2 Å². The number of urea groups is 1. The van der Waals surface area contributed by atoms with Crippen LogP contribution in [-0.2, 0) is 4.79 Å². The molecule has 0 fully saturated rings. The van der Waals surface area contributed by atoms with E-state index < -0.39 is 18.0 Å². The first-order chi connectivity index (χ1) is 7.88. The summed E-state index contributed by atoms with van der Waals surface area (Å²) in [6.07, 6.45) is 0. The molecule has 0 aliphatic rings. The summed E-state index contributed by atoms with van der Waals surface area (Å²) in [7, 11) is 0. The lowest BCUT2D eigenvalue weighted by atomic mass is 10.3. The molecule has 2 amide bonds. The Morgan fingerprint density at radius 2 is 1.76 bits per heavy atom. The smallest absolute Gasteiger partial charge is 0.325 e. The Balaban J connectivity index is 2.65. The van der Waals surface area contributed by atoms with Gasteiger partial charge in [-0.2, -0.15) is 0 Å². The number of benzene rings is 1. The predicted molar refractivity (Wildman–Crippen MR) is 65.7 cm³/mol. The van der Waals surface area contributed by atoms with E-state index in [2.05, 4.69) is 10.6 Å². The Labute approximate surface area is 108 Å². The molecule has 1 aromatic rings. The molecule has 5 nitrogen and oxygen atoms in total. The monoisotopic (exact) mass is 276 g/mol. The van der Waals surface area contributed by atoms with Crippen LogP contribution < -0.4 is 10.6 Å². The van der Waals surface area contributed by atoms with Crippen molar-refractivity contribution < 1.29 is 14.7 Å². The van der Waals surface area contributed by atoms with E-state index >= 15 is 0 Å². The lowest BCUT2D eigenvalue weighted by Gasteiger charge is -2.11. The third kappa shape index (κ3) is 4.50. The summed E-state index contributed by atoms with van der Waals surface area (Å²) in [5.41, 5.74) is 0.387. The molecule has 3 N–H and O–H groups in total. The first-order valence-corrected chi connectivity index (χ1v) is 5.40. The van der Waals surface area contributed by atoms with Crippen molar-refractivity contribution in [3.8, 4) is 0 Å². The van der Waals surface area contributed by atoms with Gasteiger partial charge in [0.05, 0.1) is 0 Å². The Morgan fingerprint density at radius 1 is 1.24 bits per heavy atom. The molecule has 0 saturated carbocycles. The number of carboxylic acids is 1. The molecular formula is C10H10Cl2N2O3. The van der Waals surface area contributed by atoms with Gasteiger partial charge in [-0.3, -0.25) is 4.79 Å². The van der Waals surface area contributed by atoms with E-state index in [1.54, 1.807) is 0 Å². The minimum Gasteiger partial charge on any atom is -0.480 e. The maximum absolute atomic E-state index is 11.4. The fourth-order valence-corrected chi connectivity index (χ4v) is 1.58. The number of rotatable bonds is 3. The second-order valence-electron chi connectivity index (χ2n) is 3.32. The zero-order chi connectivity index (χ0) is 13.0. The van der Waals surface area contributed by atoms with Gasteiger partial charge in [-0.05, 0) is 25.1 Å². The Kier molecular flexibility index (Phi) is 4.60. The first-order valence-electron chi connectivity index (χ1n) is 4.65. The highest BCUT2D eigenvalue weighted by molar-refractivity contribution is 6.35. The maximum atomic E-state index is 11.4. The number of carbonyl (C=O) groups is 2. The second kappa shape index (κ2) is 5.75. The SMILES string of the molecule is C[C@@H](NC(=O)Nc1cc(Cl)cc(Cl)c1)C(=O)O. The fourth-order valence-electron chi connectivity index (χ4n) is 1.05. The molecule has 0 radical (unpaired) electrons. The summed E-state index contributed by atoms with van der Waals surface area (Å²) in [4.78, 5) is 21.9. The van der Waals surface area contributed by atoms with Crippen LogP contribution in [-0.4, -0.2) is 23.1 Å². The molecular weight excluding hydrogens is 267 g/mol. The van der Waals surface area contributed by atoms with Crippen molar-refractivity contribution in [1.29, 1.82) is 0 Å². The lowest BCUT2D eigenvalue weighted by molar-refractivity contribution is -0.138. The molecule has 92 valence electrons. The molecule has 0 aromatic heterocycles. The van der Waals surface area contributed by atoms with Crippen LogP contribution in [0.4, 0.5) is 10.5 Å². The molecule has 0 aliphatic heterocycles. The van der Waals surface area contributed by atoms with Crippen molar-refractivity contribution in [1.82, 2.24) is 5.32 Å². The van der Waals surface area contributed by atoms with Gasteiger partial charge in [0.25, 0.3) is 0 Å². The largest absolute Gasteiger partial charge is 0.480 e.